The molecular weight excluding hydrogens is 556 g/mol. The molecule has 0 aromatic heterocycles. The molecule has 2 aliphatic carbocycles. The summed E-state index contributed by atoms with van der Waals surface area (Å²) < 4.78 is 22.5. The van der Waals surface area contributed by atoms with Crippen LogP contribution in [0.25, 0.3) is 0 Å². The van der Waals surface area contributed by atoms with E-state index in [0.717, 1.165) is 62.6 Å². The van der Waals surface area contributed by atoms with E-state index >= 15 is 0 Å². The van der Waals surface area contributed by atoms with Crippen molar-refractivity contribution in [3.8, 4) is 11.5 Å². The Kier molecular flexibility index (Phi) is 17.1. The van der Waals surface area contributed by atoms with E-state index in [9.17, 15) is 10.2 Å². The Morgan fingerprint density at radius 2 is 0.977 bits per heavy atom. The van der Waals surface area contributed by atoms with Gasteiger partial charge < -0.3 is 39.8 Å². The van der Waals surface area contributed by atoms with Crippen molar-refractivity contribution in [3.63, 3.8) is 0 Å². The highest BCUT2D eigenvalue weighted by Crippen LogP contribution is 2.29. The zero-order valence-electron chi connectivity index (χ0n) is 27.5. The monoisotopic (exact) mass is 614 g/mol. The first kappa shape index (κ1) is 36.3. The Hall–Kier alpha value is -2.20. The van der Waals surface area contributed by atoms with Crippen LogP contribution in [0.1, 0.15) is 64.5 Å². The predicted octanol–water partition coefficient (Wildman–Crippen LogP) is 4.79. The summed E-state index contributed by atoms with van der Waals surface area (Å²) in [6.45, 7) is 13.4. The minimum atomic E-state index is -0.488. The molecule has 0 radical (unpaired) electrons. The number of hydrogen-bond donors (Lipinski definition) is 4. The summed E-state index contributed by atoms with van der Waals surface area (Å²) in [6, 6.07) is 16.8. The maximum absolute atomic E-state index is 9.80. The Bertz CT molecular complexity index is 911. The van der Waals surface area contributed by atoms with Crippen molar-refractivity contribution in [2.24, 2.45) is 11.8 Å². The van der Waals surface area contributed by atoms with Gasteiger partial charge in [-0.05, 0) is 85.8 Å². The molecule has 248 valence electrons. The molecule has 2 aromatic carbocycles. The average molecular weight is 615 g/mol. The van der Waals surface area contributed by atoms with Crippen LogP contribution in [0.2, 0.25) is 0 Å². The first-order valence-electron chi connectivity index (χ1n) is 16.7. The van der Waals surface area contributed by atoms with E-state index in [1.54, 1.807) is 0 Å². The fraction of sp³-hybridized carbons (Fsp3) is 0.667. The molecule has 0 saturated heterocycles. The summed E-state index contributed by atoms with van der Waals surface area (Å²) in [7, 11) is 0. The lowest BCUT2D eigenvalue weighted by Gasteiger charge is -2.15. The van der Waals surface area contributed by atoms with Crippen LogP contribution in [0.4, 0.5) is 0 Å². The van der Waals surface area contributed by atoms with Gasteiger partial charge in [-0.15, -0.1) is 0 Å². The Morgan fingerprint density at radius 1 is 0.614 bits per heavy atom. The third-order valence-corrected chi connectivity index (χ3v) is 7.43. The normalized spacial score (nSPS) is 16.0. The summed E-state index contributed by atoms with van der Waals surface area (Å²) in [6.07, 6.45) is 6.25. The maximum atomic E-state index is 9.80. The largest absolute Gasteiger partial charge is 0.491 e. The van der Waals surface area contributed by atoms with E-state index < -0.39 is 12.2 Å². The van der Waals surface area contributed by atoms with E-state index in [0.29, 0.717) is 38.4 Å². The highest BCUT2D eigenvalue weighted by molar-refractivity contribution is 5.28. The van der Waals surface area contributed by atoms with Gasteiger partial charge in [0.05, 0.1) is 13.2 Å². The SMILES string of the molecule is CC(C)NCC(O)COc1ccc(CCOCC2CC2)cc1.CC(C)NC[C@H](O)COc1ccc(CCOCC2CC2)cc1. The van der Waals surface area contributed by atoms with E-state index in [-0.39, 0.29) is 0 Å². The van der Waals surface area contributed by atoms with E-state index in [1.807, 2.05) is 24.3 Å². The summed E-state index contributed by atoms with van der Waals surface area (Å²) in [5.74, 6) is 3.25. The second-order valence-corrected chi connectivity index (χ2v) is 12.9. The zero-order valence-corrected chi connectivity index (χ0v) is 27.5. The molecular formula is C36H58N2O6. The molecule has 8 nitrogen and oxygen atoms in total. The minimum Gasteiger partial charge on any atom is -0.491 e. The molecule has 0 bridgehead atoms. The quantitative estimate of drug-likeness (QED) is 0.141. The maximum Gasteiger partial charge on any atom is 0.119 e. The molecule has 44 heavy (non-hydrogen) atoms. The second-order valence-electron chi connectivity index (χ2n) is 12.9. The fourth-order valence-corrected chi connectivity index (χ4v) is 4.20. The third kappa shape index (κ3) is 17.9. The van der Waals surface area contributed by atoms with Gasteiger partial charge in [0, 0.05) is 38.4 Å². The van der Waals surface area contributed by atoms with Gasteiger partial charge in [0.2, 0.25) is 0 Å². The lowest BCUT2D eigenvalue weighted by atomic mass is 10.1. The number of aliphatic hydroxyl groups excluding tert-OH is 2. The van der Waals surface area contributed by atoms with Crippen molar-refractivity contribution in [2.75, 3.05) is 52.7 Å². The molecule has 0 aliphatic heterocycles. The summed E-state index contributed by atoms with van der Waals surface area (Å²) in [5.41, 5.74) is 2.51. The van der Waals surface area contributed by atoms with Crippen molar-refractivity contribution in [2.45, 2.75) is 90.5 Å². The number of ether oxygens (including phenoxy) is 4. The Balaban J connectivity index is 0.000000240. The minimum absolute atomic E-state index is 0.309. The topological polar surface area (TPSA) is 101 Å². The van der Waals surface area contributed by atoms with Gasteiger partial charge in [0.1, 0.15) is 36.9 Å². The number of nitrogens with one attached hydrogen (secondary N) is 2. The van der Waals surface area contributed by atoms with Crippen LogP contribution < -0.4 is 20.1 Å². The van der Waals surface area contributed by atoms with Gasteiger partial charge in [-0.3, -0.25) is 0 Å². The van der Waals surface area contributed by atoms with Crippen LogP contribution in [-0.2, 0) is 22.3 Å². The van der Waals surface area contributed by atoms with E-state index in [2.05, 4.69) is 62.6 Å². The van der Waals surface area contributed by atoms with Crippen molar-refractivity contribution in [3.05, 3.63) is 59.7 Å². The molecule has 2 fully saturated rings. The van der Waals surface area contributed by atoms with Gasteiger partial charge in [0.15, 0.2) is 0 Å². The molecule has 2 aliphatic rings. The number of aliphatic hydroxyl groups is 2. The zero-order chi connectivity index (χ0) is 31.6. The lowest BCUT2D eigenvalue weighted by Crippen LogP contribution is -2.35. The molecule has 0 heterocycles. The molecule has 2 aromatic rings. The molecule has 1 unspecified atom stereocenters. The Labute approximate surface area is 265 Å². The molecule has 0 spiro atoms. The smallest absolute Gasteiger partial charge is 0.119 e. The molecule has 2 saturated carbocycles. The highest BCUT2D eigenvalue weighted by Gasteiger charge is 2.21. The second kappa shape index (κ2) is 20.8. The van der Waals surface area contributed by atoms with Crippen molar-refractivity contribution >= 4 is 0 Å². The van der Waals surface area contributed by atoms with Crippen LogP contribution in [0.15, 0.2) is 48.5 Å². The first-order chi connectivity index (χ1) is 21.3. The first-order valence-corrected chi connectivity index (χ1v) is 16.7. The van der Waals surface area contributed by atoms with E-state index in [4.69, 9.17) is 18.9 Å². The number of hydrogen-bond acceptors (Lipinski definition) is 8. The number of benzene rings is 2. The summed E-state index contributed by atoms with van der Waals surface area (Å²) >= 11 is 0. The van der Waals surface area contributed by atoms with Crippen molar-refractivity contribution < 1.29 is 29.2 Å². The van der Waals surface area contributed by atoms with E-state index in [1.165, 1.54) is 36.8 Å². The van der Waals surface area contributed by atoms with Crippen LogP contribution in [0, 0.1) is 11.8 Å². The van der Waals surface area contributed by atoms with Crippen LogP contribution in [0.5, 0.6) is 11.5 Å². The average Bonchev–Trinajstić information content (AvgIpc) is 3.95. The number of rotatable bonds is 22. The standard InChI is InChI=1S/2C18H29NO3/c2*1-14(2)19-11-17(20)13-22-18-7-5-15(6-8-18)9-10-21-12-16-3-4-16/h2*5-8,14,16-17,19-20H,3-4,9-13H2,1-2H3/t17-;/m0./s1. The van der Waals surface area contributed by atoms with Gasteiger partial charge >= 0.3 is 0 Å². The third-order valence-electron chi connectivity index (χ3n) is 7.43. The van der Waals surface area contributed by atoms with Gasteiger partial charge in [0.25, 0.3) is 0 Å². The Morgan fingerprint density at radius 3 is 1.30 bits per heavy atom. The molecule has 2 atom stereocenters. The van der Waals surface area contributed by atoms with Gasteiger partial charge in [-0.1, -0.05) is 52.0 Å². The van der Waals surface area contributed by atoms with Gasteiger partial charge in [-0.2, -0.15) is 0 Å². The van der Waals surface area contributed by atoms with Crippen LogP contribution in [0.3, 0.4) is 0 Å². The molecule has 8 heteroatoms. The van der Waals surface area contributed by atoms with Gasteiger partial charge in [-0.25, -0.2) is 0 Å². The van der Waals surface area contributed by atoms with Crippen molar-refractivity contribution in [1.82, 2.24) is 10.6 Å². The van der Waals surface area contributed by atoms with Crippen molar-refractivity contribution in [1.29, 1.82) is 0 Å². The van der Waals surface area contributed by atoms with Crippen LogP contribution >= 0.6 is 0 Å². The predicted molar refractivity (Wildman–Crippen MR) is 177 cm³/mol. The fourth-order valence-electron chi connectivity index (χ4n) is 4.20. The summed E-state index contributed by atoms with van der Waals surface area (Å²) in [4.78, 5) is 0. The summed E-state index contributed by atoms with van der Waals surface area (Å²) in [5, 5.41) is 26.0. The lowest BCUT2D eigenvalue weighted by molar-refractivity contribution is 0.104. The molecule has 4 N–H and O–H groups in total. The van der Waals surface area contributed by atoms with Crippen LogP contribution in [-0.4, -0.2) is 87.2 Å². The highest BCUT2D eigenvalue weighted by atomic mass is 16.5. The molecule has 0 amide bonds. The molecule has 4 rings (SSSR count).